The first-order chi connectivity index (χ1) is 11.6. The zero-order valence-electron chi connectivity index (χ0n) is 14.2. The molecular weight excluding hydrogens is 322 g/mol. The van der Waals surface area contributed by atoms with Gasteiger partial charge in [-0.05, 0) is 49.9 Å². The van der Waals surface area contributed by atoms with E-state index in [0.29, 0.717) is 12.0 Å². The van der Waals surface area contributed by atoms with Crippen LogP contribution in [0, 0.1) is 6.92 Å². The first kappa shape index (κ1) is 16.3. The Bertz CT molecular complexity index is 788. The van der Waals surface area contributed by atoms with Crippen LogP contribution in [0.5, 0.6) is 0 Å². The van der Waals surface area contributed by atoms with Crippen LogP contribution in [0.15, 0.2) is 18.2 Å². The third-order valence-electron chi connectivity index (χ3n) is 5.69. The molecule has 1 aliphatic heterocycles. The molecule has 0 saturated carbocycles. The van der Waals surface area contributed by atoms with Gasteiger partial charge in [-0.1, -0.05) is 19.1 Å². The third kappa shape index (κ3) is 2.62. The maximum atomic E-state index is 11.1. The molecule has 130 valence electrons. The maximum absolute atomic E-state index is 11.1. The number of H-pyrrole nitrogens is 1. The molecule has 2 aromatic rings. The lowest BCUT2D eigenvalue weighted by atomic mass is 9.73. The fraction of sp³-hybridized carbons (Fsp3) is 0.556. The van der Waals surface area contributed by atoms with Crippen LogP contribution in [0.25, 0.3) is 10.9 Å². The number of nitrogens with one attached hydrogen (secondary N) is 2. The monoisotopic (exact) mass is 346 g/mol. The van der Waals surface area contributed by atoms with E-state index in [4.69, 9.17) is 0 Å². The molecular formula is C18H24N3O2S-. The molecule has 2 aliphatic rings. The second-order valence-electron chi connectivity index (χ2n) is 7.16. The van der Waals surface area contributed by atoms with E-state index in [2.05, 4.69) is 46.7 Å². The summed E-state index contributed by atoms with van der Waals surface area (Å²) in [5, 5.41) is 1.37. The molecule has 2 heterocycles. The van der Waals surface area contributed by atoms with Crippen molar-refractivity contribution in [3.63, 3.8) is 0 Å². The first-order valence-corrected chi connectivity index (χ1v) is 9.85. The normalized spacial score (nSPS) is 28.0. The van der Waals surface area contributed by atoms with Crippen LogP contribution in [0.1, 0.15) is 42.5 Å². The molecule has 1 saturated heterocycles. The highest BCUT2D eigenvalue weighted by Crippen LogP contribution is 2.44. The van der Waals surface area contributed by atoms with E-state index in [-0.39, 0.29) is 6.04 Å². The fourth-order valence-corrected chi connectivity index (χ4v) is 5.27. The highest BCUT2D eigenvalue weighted by atomic mass is 32.2. The summed E-state index contributed by atoms with van der Waals surface area (Å²) in [5.74, 6) is 0.387. The molecule has 2 unspecified atom stereocenters. The highest BCUT2D eigenvalue weighted by molar-refractivity contribution is 7.77. The Morgan fingerprint density at radius 1 is 1.46 bits per heavy atom. The zero-order valence-corrected chi connectivity index (χ0v) is 15.0. The van der Waals surface area contributed by atoms with Gasteiger partial charge in [0.05, 0.1) is 0 Å². The Morgan fingerprint density at radius 2 is 2.29 bits per heavy atom. The number of aryl methyl sites for hydroxylation is 1. The van der Waals surface area contributed by atoms with Crippen molar-refractivity contribution >= 4 is 22.2 Å². The van der Waals surface area contributed by atoms with Gasteiger partial charge in [0.2, 0.25) is 0 Å². The van der Waals surface area contributed by atoms with Gasteiger partial charge in [0.1, 0.15) is 0 Å². The summed E-state index contributed by atoms with van der Waals surface area (Å²) in [7, 11) is 0. The molecule has 0 radical (unpaired) electrons. The SMILES string of the molecule is CCCN1C[C@@H](NS(=O)[O-])CC2c3cccc4[nH]c(C)c(c34)C[C@H]21. The molecule has 4 rings (SSSR count). The summed E-state index contributed by atoms with van der Waals surface area (Å²) >= 11 is -2.21. The number of fused-ring (bicyclic) bond motifs is 2. The Labute approximate surface area is 145 Å². The zero-order chi connectivity index (χ0) is 16.8. The van der Waals surface area contributed by atoms with E-state index >= 15 is 0 Å². The van der Waals surface area contributed by atoms with Crippen LogP contribution in [-0.4, -0.2) is 43.8 Å². The van der Waals surface area contributed by atoms with Crippen LogP contribution in [0.2, 0.25) is 0 Å². The van der Waals surface area contributed by atoms with Crippen LogP contribution in [0.4, 0.5) is 0 Å². The molecule has 4 atom stereocenters. The van der Waals surface area contributed by atoms with E-state index in [9.17, 15) is 8.76 Å². The minimum Gasteiger partial charge on any atom is -0.760 e. The highest BCUT2D eigenvalue weighted by Gasteiger charge is 2.40. The second-order valence-corrected chi connectivity index (χ2v) is 7.86. The fourth-order valence-electron chi connectivity index (χ4n) is 4.83. The van der Waals surface area contributed by atoms with Crippen molar-refractivity contribution in [1.82, 2.24) is 14.6 Å². The number of aromatic nitrogens is 1. The number of hydrogen-bond acceptors (Lipinski definition) is 3. The smallest absolute Gasteiger partial charge is 0.0461 e. The molecule has 6 heteroatoms. The summed E-state index contributed by atoms with van der Waals surface area (Å²) in [5.41, 5.74) is 5.31. The summed E-state index contributed by atoms with van der Waals surface area (Å²) in [4.78, 5) is 6.02. The predicted octanol–water partition coefficient (Wildman–Crippen LogP) is 2.35. The molecule has 1 aromatic carbocycles. The number of nitrogens with zero attached hydrogens (tertiary/aromatic N) is 1. The third-order valence-corrected chi connectivity index (χ3v) is 6.21. The van der Waals surface area contributed by atoms with Gasteiger partial charge >= 0.3 is 0 Å². The summed E-state index contributed by atoms with van der Waals surface area (Å²) < 4.78 is 25.0. The van der Waals surface area contributed by atoms with Crippen molar-refractivity contribution in [2.75, 3.05) is 13.1 Å². The molecule has 1 aromatic heterocycles. The average Bonchev–Trinajstić information content (AvgIpc) is 2.85. The van der Waals surface area contributed by atoms with Crippen molar-refractivity contribution in [3.8, 4) is 0 Å². The molecule has 1 fully saturated rings. The van der Waals surface area contributed by atoms with Gasteiger partial charge in [-0.25, -0.2) is 4.72 Å². The number of benzene rings is 1. The van der Waals surface area contributed by atoms with Gasteiger partial charge in [0, 0.05) is 52.4 Å². The van der Waals surface area contributed by atoms with Gasteiger partial charge in [0.25, 0.3) is 0 Å². The topological polar surface area (TPSA) is 71.2 Å². The van der Waals surface area contributed by atoms with Crippen LogP contribution in [0.3, 0.4) is 0 Å². The van der Waals surface area contributed by atoms with Gasteiger partial charge in [0.15, 0.2) is 0 Å². The van der Waals surface area contributed by atoms with Crippen LogP contribution < -0.4 is 4.72 Å². The van der Waals surface area contributed by atoms with E-state index in [1.165, 1.54) is 27.7 Å². The predicted molar refractivity (Wildman–Crippen MR) is 95.6 cm³/mol. The van der Waals surface area contributed by atoms with Crippen molar-refractivity contribution < 1.29 is 8.76 Å². The number of rotatable bonds is 4. The van der Waals surface area contributed by atoms with Crippen molar-refractivity contribution in [2.45, 2.75) is 51.1 Å². The van der Waals surface area contributed by atoms with E-state index in [1.807, 2.05) is 0 Å². The average molecular weight is 346 g/mol. The molecule has 0 bridgehead atoms. The minimum absolute atomic E-state index is 0.00650. The van der Waals surface area contributed by atoms with Crippen LogP contribution in [-0.2, 0) is 17.7 Å². The molecule has 1 aliphatic carbocycles. The quantitative estimate of drug-likeness (QED) is 0.835. The van der Waals surface area contributed by atoms with Gasteiger partial charge < -0.3 is 9.54 Å². The van der Waals surface area contributed by atoms with Crippen molar-refractivity contribution in [3.05, 3.63) is 35.0 Å². The molecule has 2 N–H and O–H groups in total. The Balaban J connectivity index is 1.77. The van der Waals surface area contributed by atoms with Crippen molar-refractivity contribution in [1.29, 1.82) is 0 Å². The Morgan fingerprint density at radius 3 is 3.04 bits per heavy atom. The number of hydrogen-bond donors (Lipinski definition) is 2. The largest absolute Gasteiger partial charge is 0.760 e. The lowest BCUT2D eigenvalue weighted by Gasteiger charge is -2.47. The first-order valence-electron chi connectivity index (χ1n) is 8.78. The standard InChI is InChI=1S/C18H25N3O2S/c1-3-7-21-10-12(20-24(22)23)8-15-13-5-4-6-16-18(13)14(9-17(15)21)11(2)19-16/h4-6,12,15,17,19-20H,3,7-10H2,1-2H3,(H,22,23)/p-1/t12-,15?,17+/m0/s1. The van der Waals surface area contributed by atoms with E-state index in [1.54, 1.807) is 0 Å². The Hall–Kier alpha value is -1.21. The molecule has 24 heavy (non-hydrogen) atoms. The van der Waals surface area contributed by atoms with Gasteiger partial charge in [-0.3, -0.25) is 9.11 Å². The van der Waals surface area contributed by atoms with Crippen LogP contribution >= 0.6 is 0 Å². The van der Waals surface area contributed by atoms with Gasteiger partial charge in [-0.2, -0.15) is 0 Å². The van der Waals surface area contributed by atoms with E-state index in [0.717, 1.165) is 32.4 Å². The Kier molecular flexibility index (Phi) is 4.24. The minimum atomic E-state index is -2.21. The number of piperidine rings is 1. The molecule has 0 amide bonds. The summed E-state index contributed by atoms with van der Waals surface area (Å²) in [6.45, 7) is 6.17. The number of likely N-dealkylation sites (tertiary alicyclic amines) is 1. The molecule has 5 nitrogen and oxygen atoms in total. The summed E-state index contributed by atoms with van der Waals surface area (Å²) in [6, 6.07) is 6.96. The van der Waals surface area contributed by atoms with Gasteiger partial charge in [-0.15, -0.1) is 0 Å². The van der Waals surface area contributed by atoms with Crippen molar-refractivity contribution in [2.24, 2.45) is 0 Å². The molecule has 0 spiro atoms. The van der Waals surface area contributed by atoms with E-state index < -0.39 is 11.3 Å². The lowest BCUT2D eigenvalue weighted by molar-refractivity contribution is 0.105. The number of aromatic amines is 1. The summed E-state index contributed by atoms with van der Waals surface area (Å²) in [6.07, 6.45) is 3.02. The maximum Gasteiger partial charge on any atom is 0.0461 e. The lowest BCUT2D eigenvalue weighted by Crippen LogP contribution is -2.55. The second kappa shape index (κ2) is 6.26.